The molecule has 0 radical (unpaired) electrons. The zero-order valence-corrected chi connectivity index (χ0v) is 9.88. The predicted octanol–water partition coefficient (Wildman–Crippen LogP) is 2.32. The summed E-state index contributed by atoms with van der Waals surface area (Å²) in [4.78, 5) is 8.83. The summed E-state index contributed by atoms with van der Waals surface area (Å²) >= 11 is 1.63. The lowest BCUT2D eigenvalue weighted by atomic mass is 10.3. The highest BCUT2D eigenvalue weighted by atomic mass is 32.2. The molecule has 4 nitrogen and oxygen atoms in total. The van der Waals surface area contributed by atoms with E-state index in [1.165, 1.54) is 0 Å². The van der Waals surface area contributed by atoms with Crippen molar-refractivity contribution in [3.05, 3.63) is 12.3 Å². The van der Waals surface area contributed by atoms with Crippen molar-refractivity contribution >= 4 is 28.6 Å². The molecular formula is C10H14N4S. The van der Waals surface area contributed by atoms with E-state index < -0.39 is 0 Å². The summed E-state index contributed by atoms with van der Waals surface area (Å²) in [5.74, 6) is 0. The first-order valence-electron chi connectivity index (χ1n) is 4.81. The van der Waals surface area contributed by atoms with E-state index >= 15 is 0 Å². The quantitative estimate of drug-likeness (QED) is 0.792. The summed E-state index contributed by atoms with van der Waals surface area (Å²) in [6.45, 7) is 4.25. The molecule has 2 aromatic heterocycles. The molecule has 0 aliphatic rings. The smallest absolute Gasteiger partial charge is 0.170 e. The Morgan fingerprint density at radius 2 is 2.20 bits per heavy atom. The fourth-order valence-electron chi connectivity index (χ4n) is 1.59. The average Bonchev–Trinajstić information content (AvgIpc) is 2.54. The minimum Gasteiger partial charge on any atom is -0.397 e. The molecule has 80 valence electrons. The Hall–Kier alpha value is -1.23. The van der Waals surface area contributed by atoms with Gasteiger partial charge >= 0.3 is 0 Å². The number of imidazole rings is 1. The van der Waals surface area contributed by atoms with E-state index in [0.29, 0.717) is 11.7 Å². The number of rotatable bonds is 2. The Kier molecular flexibility index (Phi) is 2.56. The number of thioether (sulfide) groups is 1. The number of hydrogen-bond acceptors (Lipinski definition) is 4. The van der Waals surface area contributed by atoms with E-state index in [9.17, 15) is 0 Å². The first kappa shape index (κ1) is 10.3. The fourth-order valence-corrected chi connectivity index (χ4v) is 2.27. The van der Waals surface area contributed by atoms with E-state index in [0.717, 1.165) is 16.3 Å². The van der Waals surface area contributed by atoms with Gasteiger partial charge in [-0.25, -0.2) is 9.97 Å². The minimum absolute atomic E-state index is 0.355. The largest absolute Gasteiger partial charge is 0.397 e. The maximum Gasteiger partial charge on any atom is 0.170 e. The van der Waals surface area contributed by atoms with Crippen LogP contribution in [0.25, 0.3) is 11.2 Å². The van der Waals surface area contributed by atoms with Crippen LogP contribution < -0.4 is 5.73 Å². The van der Waals surface area contributed by atoms with Gasteiger partial charge in [0.1, 0.15) is 5.52 Å². The zero-order valence-electron chi connectivity index (χ0n) is 9.06. The molecule has 2 N–H and O–H groups in total. The third-order valence-corrected chi connectivity index (χ3v) is 2.87. The summed E-state index contributed by atoms with van der Waals surface area (Å²) in [5.41, 5.74) is 8.11. The molecule has 0 spiro atoms. The Balaban J connectivity index is 2.74. The molecule has 5 heteroatoms. The SMILES string of the molecule is CSc1nc2cc(N)cnc2n1C(C)C. The second kappa shape index (κ2) is 3.73. The predicted molar refractivity (Wildman–Crippen MR) is 64.1 cm³/mol. The molecule has 0 saturated carbocycles. The Bertz CT molecular complexity index is 489. The number of hydrogen-bond donors (Lipinski definition) is 1. The van der Waals surface area contributed by atoms with Crippen LogP contribution in [0.15, 0.2) is 17.4 Å². The first-order valence-corrected chi connectivity index (χ1v) is 6.03. The van der Waals surface area contributed by atoms with Crippen molar-refractivity contribution in [1.82, 2.24) is 14.5 Å². The summed E-state index contributed by atoms with van der Waals surface area (Å²) in [7, 11) is 0. The Labute approximate surface area is 92.9 Å². The van der Waals surface area contributed by atoms with Gasteiger partial charge in [0.25, 0.3) is 0 Å². The molecule has 0 bridgehead atoms. The molecule has 2 heterocycles. The number of aromatic nitrogens is 3. The molecule has 2 aromatic rings. The molecule has 15 heavy (non-hydrogen) atoms. The van der Waals surface area contributed by atoms with Crippen molar-refractivity contribution in [3.8, 4) is 0 Å². The molecule has 0 unspecified atom stereocenters. The summed E-state index contributed by atoms with van der Waals surface area (Å²) in [5, 5.41) is 0.984. The van der Waals surface area contributed by atoms with Gasteiger partial charge in [-0.3, -0.25) is 0 Å². The second-order valence-electron chi connectivity index (χ2n) is 3.67. The second-order valence-corrected chi connectivity index (χ2v) is 4.45. The molecule has 0 saturated heterocycles. The standard InChI is InChI=1S/C10H14N4S/c1-6(2)14-9-8(13-10(14)15-3)4-7(11)5-12-9/h4-6H,11H2,1-3H3. The van der Waals surface area contributed by atoms with E-state index in [1.807, 2.05) is 12.3 Å². The lowest BCUT2D eigenvalue weighted by molar-refractivity contribution is 0.563. The highest BCUT2D eigenvalue weighted by Gasteiger charge is 2.13. The number of nitrogen functional groups attached to an aromatic ring is 1. The number of fused-ring (bicyclic) bond motifs is 1. The van der Waals surface area contributed by atoms with Crippen LogP contribution in [0.1, 0.15) is 19.9 Å². The van der Waals surface area contributed by atoms with Gasteiger partial charge in [-0.1, -0.05) is 11.8 Å². The van der Waals surface area contributed by atoms with Crippen LogP contribution in [0.2, 0.25) is 0 Å². The van der Waals surface area contributed by atoms with Crippen molar-refractivity contribution in [2.45, 2.75) is 25.0 Å². The number of nitrogens with two attached hydrogens (primary N) is 1. The summed E-state index contributed by atoms with van der Waals surface area (Å²) in [6, 6.07) is 2.22. The van der Waals surface area contributed by atoms with Gasteiger partial charge in [-0.2, -0.15) is 0 Å². The highest BCUT2D eigenvalue weighted by molar-refractivity contribution is 7.98. The van der Waals surface area contributed by atoms with Crippen LogP contribution in [0.4, 0.5) is 5.69 Å². The number of pyridine rings is 1. The van der Waals surface area contributed by atoms with E-state index in [4.69, 9.17) is 5.73 Å². The molecule has 2 rings (SSSR count). The third-order valence-electron chi connectivity index (χ3n) is 2.22. The monoisotopic (exact) mass is 222 g/mol. The molecule has 0 atom stereocenters. The van der Waals surface area contributed by atoms with E-state index in [-0.39, 0.29) is 0 Å². The number of anilines is 1. The average molecular weight is 222 g/mol. The van der Waals surface area contributed by atoms with Crippen LogP contribution in [0.3, 0.4) is 0 Å². The maximum absolute atomic E-state index is 5.68. The summed E-state index contributed by atoms with van der Waals surface area (Å²) in [6.07, 6.45) is 3.69. The van der Waals surface area contributed by atoms with Crippen LogP contribution in [-0.4, -0.2) is 20.8 Å². The molecule has 0 aliphatic carbocycles. The fraction of sp³-hybridized carbons (Fsp3) is 0.400. The third kappa shape index (κ3) is 1.67. The van der Waals surface area contributed by atoms with Gasteiger partial charge in [-0.15, -0.1) is 0 Å². The van der Waals surface area contributed by atoms with Crippen LogP contribution in [0.5, 0.6) is 0 Å². The van der Waals surface area contributed by atoms with Crippen molar-refractivity contribution < 1.29 is 0 Å². The van der Waals surface area contributed by atoms with Gasteiger partial charge in [0, 0.05) is 6.04 Å². The van der Waals surface area contributed by atoms with Gasteiger partial charge in [-0.05, 0) is 26.2 Å². The molecule has 0 aromatic carbocycles. The van der Waals surface area contributed by atoms with Gasteiger partial charge in [0.05, 0.1) is 11.9 Å². The van der Waals surface area contributed by atoms with Crippen molar-refractivity contribution in [3.63, 3.8) is 0 Å². The lowest BCUT2D eigenvalue weighted by Crippen LogP contribution is -2.03. The highest BCUT2D eigenvalue weighted by Crippen LogP contribution is 2.25. The Morgan fingerprint density at radius 1 is 1.47 bits per heavy atom. The van der Waals surface area contributed by atoms with Gasteiger partial charge < -0.3 is 10.3 Å². The van der Waals surface area contributed by atoms with Crippen LogP contribution in [0, 0.1) is 0 Å². The van der Waals surface area contributed by atoms with Crippen LogP contribution >= 0.6 is 11.8 Å². The van der Waals surface area contributed by atoms with E-state index in [2.05, 4.69) is 28.4 Å². The normalized spacial score (nSPS) is 11.5. The topological polar surface area (TPSA) is 56.7 Å². The zero-order chi connectivity index (χ0) is 11.0. The lowest BCUT2D eigenvalue weighted by Gasteiger charge is -2.10. The first-order chi connectivity index (χ1) is 7.13. The number of nitrogens with zero attached hydrogens (tertiary/aromatic N) is 3. The minimum atomic E-state index is 0.355. The molecular weight excluding hydrogens is 208 g/mol. The molecule has 0 fully saturated rings. The van der Waals surface area contributed by atoms with E-state index in [1.54, 1.807) is 18.0 Å². The van der Waals surface area contributed by atoms with Gasteiger partial charge in [0.2, 0.25) is 0 Å². The Morgan fingerprint density at radius 3 is 2.80 bits per heavy atom. The van der Waals surface area contributed by atoms with Crippen LogP contribution in [-0.2, 0) is 0 Å². The molecule has 0 aliphatic heterocycles. The van der Waals surface area contributed by atoms with Crippen molar-refractivity contribution in [2.75, 3.05) is 12.0 Å². The summed E-state index contributed by atoms with van der Waals surface area (Å²) < 4.78 is 2.12. The van der Waals surface area contributed by atoms with Crippen molar-refractivity contribution in [1.29, 1.82) is 0 Å². The maximum atomic E-state index is 5.68. The van der Waals surface area contributed by atoms with Crippen molar-refractivity contribution in [2.24, 2.45) is 0 Å². The molecule has 0 amide bonds. The van der Waals surface area contributed by atoms with Gasteiger partial charge in [0.15, 0.2) is 10.8 Å².